The molecule has 42 heavy (non-hydrogen) atoms. The molecule has 0 aliphatic carbocycles. The van der Waals surface area contributed by atoms with E-state index in [0.29, 0.717) is 0 Å². The number of aryl methyl sites for hydroxylation is 1. The third-order valence-corrected chi connectivity index (χ3v) is 8.55. The first-order valence-corrected chi connectivity index (χ1v) is 14.3. The highest BCUT2D eigenvalue weighted by Gasteiger charge is 2.24. The molecule has 198 valence electrons. The predicted molar refractivity (Wildman–Crippen MR) is 175 cm³/mol. The van der Waals surface area contributed by atoms with Crippen LogP contribution in [0, 0.1) is 6.92 Å². The summed E-state index contributed by atoms with van der Waals surface area (Å²) >= 11 is 0. The molecule has 2 aromatic heterocycles. The van der Waals surface area contributed by atoms with E-state index in [4.69, 9.17) is 8.83 Å². The van der Waals surface area contributed by atoms with Gasteiger partial charge in [-0.1, -0.05) is 97.1 Å². The zero-order valence-corrected chi connectivity index (χ0v) is 23.0. The highest BCUT2D eigenvalue weighted by atomic mass is 16.3. The van der Waals surface area contributed by atoms with Crippen LogP contribution >= 0.6 is 0 Å². The third kappa shape index (κ3) is 3.28. The average molecular weight is 540 g/mol. The summed E-state index contributed by atoms with van der Waals surface area (Å²) in [6, 6.07) is 47.0. The highest BCUT2D eigenvalue weighted by molar-refractivity contribution is 6.22. The molecule has 3 heteroatoms. The van der Waals surface area contributed by atoms with Crippen LogP contribution < -0.4 is 4.90 Å². The standard InChI is InChI=1S/C39H25NO2/c1-24-11-2-8-18-33(24)40(34-19-10-17-30-28-15-7-9-20-36(28)41-39(30)34)35-23-32-31-21-25-12-3-4-13-26(25)22-37(31)42-38(32)29-16-6-5-14-27(29)35/h2-23H,1H3. The maximum absolute atomic E-state index is 6.62. The average Bonchev–Trinajstić information content (AvgIpc) is 3.59. The van der Waals surface area contributed by atoms with Crippen molar-refractivity contribution in [2.24, 2.45) is 0 Å². The summed E-state index contributed by atoms with van der Waals surface area (Å²) in [7, 11) is 0. The highest BCUT2D eigenvalue weighted by Crippen LogP contribution is 2.48. The fourth-order valence-corrected chi connectivity index (χ4v) is 6.56. The van der Waals surface area contributed by atoms with Gasteiger partial charge in [0, 0.05) is 38.0 Å². The van der Waals surface area contributed by atoms with Crippen molar-refractivity contribution in [2.75, 3.05) is 4.90 Å². The third-order valence-electron chi connectivity index (χ3n) is 8.55. The summed E-state index contributed by atoms with van der Waals surface area (Å²) in [5.41, 5.74) is 7.93. The molecule has 9 aromatic rings. The zero-order chi connectivity index (χ0) is 27.8. The number of para-hydroxylation sites is 3. The lowest BCUT2D eigenvalue weighted by Gasteiger charge is -2.28. The van der Waals surface area contributed by atoms with Crippen LogP contribution in [0.25, 0.3) is 65.4 Å². The minimum Gasteiger partial charge on any atom is -0.455 e. The maximum Gasteiger partial charge on any atom is 0.159 e. The van der Waals surface area contributed by atoms with E-state index in [-0.39, 0.29) is 0 Å². The van der Waals surface area contributed by atoms with E-state index in [1.807, 2.05) is 12.1 Å². The summed E-state index contributed by atoms with van der Waals surface area (Å²) in [6.45, 7) is 2.17. The minimum atomic E-state index is 0.870. The molecule has 2 heterocycles. The Kier molecular flexibility index (Phi) is 4.82. The summed E-state index contributed by atoms with van der Waals surface area (Å²) in [4.78, 5) is 2.36. The van der Waals surface area contributed by atoms with Crippen molar-refractivity contribution in [3.8, 4) is 0 Å². The van der Waals surface area contributed by atoms with Crippen LogP contribution in [0.4, 0.5) is 17.1 Å². The molecule has 0 spiro atoms. The Hall–Kier alpha value is -5.54. The van der Waals surface area contributed by atoms with Crippen LogP contribution in [-0.2, 0) is 0 Å². The van der Waals surface area contributed by atoms with Gasteiger partial charge in [-0.15, -0.1) is 0 Å². The van der Waals surface area contributed by atoms with Crippen molar-refractivity contribution in [3.63, 3.8) is 0 Å². The Morgan fingerprint density at radius 1 is 0.405 bits per heavy atom. The summed E-state index contributed by atoms with van der Waals surface area (Å²) in [5.74, 6) is 0. The summed E-state index contributed by atoms with van der Waals surface area (Å²) in [6.07, 6.45) is 0. The fourth-order valence-electron chi connectivity index (χ4n) is 6.56. The van der Waals surface area contributed by atoms with Crippen LogP contribution in [-0.4, -0.2) is 0 Å². The zero-order valence-electron chi connectivity index (χ0n) is 23.0. The smallest absolute Gasteiger partial charge is 0.159 e. The number of nitrogens with zero attached hydrogens (tertiary/aromatic N) is 1. The first-order valence-electron chi connectivity index (χ1n) is 14.3. The predicted octanol–water partition coefficient (Wildman–Crippen LogP) is 11.6. The lowest BCUT2D eigenvalue weighted by atomic mass is 10.00. The summed E-state index contributed by atoms with van der Waals surface area (Å²) < 4.78 is 13.2. The molecule has 0 radical (unpaired) electrons. The Morgan fingerprint density at radius 3 is 1.88 bits per heavy atom. The van der Waals surface area contributed by atoms with Crippen LogP contribution in [0.15, 0.2) is 142 Å². The van der Waals surface area contributed by atoms with Gasteiger partial charge in [0.2, 0.25) is 0 Å². The topological polar surface area (TPSA) is 29.5 Å². The molecule has 9 rings (SSSR count). The lowest BCUT2D eigenvalue weighted by Crippen LogP contribution is -2.12. The van der Waals surface area contributed by atoms with E-state index in [2.05, 4.69) is 133 Å². The van der Waals surface area contributed by atoms with Crippen molar-refractivity contribution in [3.05, 3.63) is 139 Å². The summed E-state index contributed by atoms with van der Waals surface area (Å²) in [5, 5.41) is 9.00. The molecule has 7 aromatic carbocycles. The molecular formula is C39H25NO2. The van der Waals surface area contributed by atoms with E-state index >= 15 is 0 Å². The van der Waals surface area contributed by atoms with Crippen molar-refractivity contribution in [1.29, 1.82) is 0 Å². The molecule has 0 aliphatic rings. The van der Waals surface area contributed by atoms with Gasteiger partial charge in [-0.3, -0.25) is 0 Å². The maximum atomic E-state index is 6.62. The number of furan rings is 2. The van der Waals surface area contributed by atoms with Gasteiger partial charge in [0.05, 0.1) is 11.4 Å². The van der Waals surface area contributed by atoms with E-state index in [1.54, 1.807) is 0 Å². The molecule has 0 unspecified atom stereocenters. The Morgan fingerprint density at radius 2 is 1.02 bits per heavy atom. The van der Waals surface area contributed by atoms with Gasteiger partial charge < -0.3 is 13.7 Å². The molecule has 0 saturated carbocycles. The van der Waals surface area contributed by atoms with E-state index in [9.17, 15) is 0 Å². The van der Waals surface area contributed by atoms with Gasteiger partial charge in [-0.2, -0.15) is 0 Å². The lowest BCUT2D eigenvalue weighted by molar-refractivity contribution is 0.669. The fraction of sp³-hybridized carbons (Fsp3) is 0.0256. The van der Waals surface area contributed by atoms with Crippen LogP contribution in [0.5, 0.6) is 0 Å². The molecule has 0 atom stereocenters. The number of rotatable bonds is 3. The van der Waals surface area contributed by atoms with E-state index in [1.165, 1.54) is 16.3 Å². The monoisotopic (exact) mass is 539 g/mol. The van der Waals surface area contributed by atoms with Gasteiger partial charge in [0.15, 0.2) is 5.58 Å². The number of hydrogen-bond donors (Lipinski definition) is 0. The van der Waals surface area contributed by atoms with Crippen molar-refractivity contribution >= 4 is 82.5 Å². The molecule has 0 fully saturated rings. The number of fused-ring (bicyclic) bond motifs is 9. The molecule has 0 amide bonds. The number of anilines is 3. The van der Waals surface area contributed by atoms with Gasteiger partial charge >= 0.3 is 0 Å². The van der Waals surface area contributed by atoms with Crippen molar-refractivity contribution in [1.82, 2.24) is 0 Å². The molecule has 0 N–H and O–H groups in total. The van der Waals surface area contributed by atoms with Gasteiger partial charge in [0.25, 0.3) is 0 Å². The first-order chi connectivity index (χ1) is 20.7. The van der Waals surface area contributed by atoms with Crippen molar-refractivity contribution < 1.29 is 8.83 Å². The molecule has 3 nitrogen and oxygen atoms in total. The quantitative estimate of drug-likeness (QED) is 0.224. The van der Waals surface area contributed by atoms with E-state index < -0.39 is 0 Å². The molecular weight excluding hydrogens is 514 g/mol. The largest absolute Gasteiger partial charge is 0.455 e. The van der Waals surface area contributed by atoms with Crippen LogP contribution in [0.3, 0.4) is 0 Å². The minimum absolute atomic E-state index is 0.870. The van der Waals surface area contributed by atoms with E-state index in [0.717, 1.165) is 71.7 Å². The van der Waals surface area contributed by atoms with Crippen LogP contribution in [0.2, 0.25) is 0 Å². The second-order valence-electron chi connectivity index (χ2n) is 11.0. The SMILES string of the molecule is Cc1ccccc1N(c1cc2c3cc4ccccc4cc3oc2c2ccccc12)c1cccc2c1oc1ccccc12. The second kappa shape index (κ2) is 8.73. The number of benzene rings is 7. The van der Waals surface area contributed by atoms with Gasteiger partial charge in [0.1, 0.15) is 16.7 Å². The van der Waals surface area contributed by atoms with Crippen LogP contribution in [0.1, 0.15) is 5.56 Å². The molecule has 0 bridgehead atoms. The van der Waals surface area contributed by atoms with Gasteiger partial charge in [-0.25, -0.2) is 0 Å². The normalized spacial score (nSPS) is 11.9. The molecule has 0 saturated heterocycles. The Bertz CT molecular complexity index is 2500. The Labute approximate surface area is 241 Å². The second-order valence-corrected chi connectivity index (χ2v) is 11.0. The molecule has 0 aliphatic heterocycles. The number of hydrogen-bond acceptors (Lipinski definition) is 3. The van der Waals surface area contributed by atoms with Crippen molar-refractivity contribution in [2.45, 2.75) is 6.92 Å². The Balaban J connectivity index is 1.43. The van der Waals surface area contributed by atoms with Gasteiger partial charge in [-0.05, 0) is 59.7 Å². The first kappa shape index (κ1) is 23.2.